The Hall–Kier alpha value is -2.05. The van der Waals surface area contributed by atoms with Crippen LogP contribution >= 0.6 is 11.6 Å². The molecule has 158 valence electrons. The number of nitrogens with zero attached hydrogens (tertiary/aromatic N) is 4. The summed E-state index contributed by atoms with van der Waals surface area (Å²) in [6.45, 7) is 9.45. The predicted octanol–water partition coefficient (Wildman–Crippen LogP) is 5.46. The first-order chi connectivity index (χ1) is 13.9. The average molecular weight is 418 g/mol. The first-order valence-electron chi connectivity index (χ1n) is 10.5. The van der Waals surface area contributed by atoms with E-state index < -0.39 is 0 Å². The van der Waals surface area contributed by atoms with E-state index in [1.54, 1.807) is 0 Å². The normalized spacial score (nSPS) is 11.7. The van der Waals surface area contributed by atoms with Crippen molar-refractivity contribution in [3.8, 4) is 0 Å². The lowest BCUT2D eigenvalue weighted by Gasteiger charge is -2.17. The Bertz CT molecular complexity index is 987. The van der Waals surface area contributed by atoms with Crippen LogP contribution in [0.5, 0.6) is 0 Å². The van der Waals surface area contributed by atoms with Crippen molar-refractivity contribution in [1.29, 1.82) is 0 Å². The third kappa shape index (κ3) is 4.14. The van der Waals surface area contributed by atoms with Gasteiger partial charge in [-0.05, 0) is 57.1 Å². The lowest BCUT2D eigenvalue weighted by molar-refractivity contribution is 0.281. The van der Waals surface area contributed by atoms with Gasteiger partial charge < -0.3 is 15.0 Å². The molecule has 0 saturated carbocycles. The van der Waals surface area contributed by atoms with E-state index in [9.17, 15) is 5.11 Å². The van der Waals surface area contributed by atoms with Gasteiger partial charge in [0.25, 0.3) is 0 Å². The molecule has 3 rings (SSSR count). The largest absolute Gasteiger partial charge is 0.396 e. The standard InChI is InChI=1S/C22H32ClN5O/c1-6-16(7-2)17-10-11-18(23)20-21(17)28(12-8-9-13-29)22(25-20)24-19-14(3)26-27(5)15(19)4/h10-11,16,29H,6-9,12-13H2,1-5H3,(H,24,25). The molecule has 0 bridgehead atoms. The summed E-state index contributed by atoms with van der Waals surface area (Å²) >= 11 is 6.58. The fraction of sp³-hybridized carbons (Fsp3) is 0.545. The smallest absolute Gasteiger partial charge is 0.208 e. The van der Waals surface area contributed by atoms with E-state index in [4.69, 9.17) is 16.6 Å². The molecule has 0 fully saturated rings. The number of nitrogens with one attached hydrogen (secondary N) is 1. The number of halogens is 1. The van der Waals surface area contributed by atoms with Crippen molar-refractivity contribution in [2.24, 2.45) is 7.05 Å². The fourth-order valence-corrected chi connectivity index (χ4v) is 4.25. The third-order valence-electron chi connectivity index (χ3n) is 5.84. The van der Waals surface area contributed by atoms with Crippen molar-refractivity contribution < 1.29 is 5.11 Å². The number of hydrogen-bond donors (Lipinski definition) is 2. The summed E-state index contributed by atoms with van der Waals surface area (Å²) in [5.41, 5.74) is 6.20. The highest BCUT2D eigenvalue weighted by molar-refractivity contribution is 6.35. The number of hydrogen-bond acceptors (Lipinski definition) is 4. The molecule has 29 heavy (non-hydrogen) atoms. The molecular formula is C22H32ClN5O. The summed E-state index contributed by atoms with van der Waals surface area (Å²) in [6, 6.07) is 4.11. The lowest BCUT2D eigenvalue weighted by atomic mass is 9.93. The molecule has 0 radical (unpaired) electrons. The van der Waals surface area contributed by atoms with Crippen LogP contribution in [-0.4, -0.2) is 31.0 Å². The Labute approximate surface area is 177 Å². The van der Waals surface area contributed by atoms with E-state index in [1.807, 2.05) is 31.6 Å². The van der Waals surface area contributed by atoms with Crippen molar-refractivity contribution >= 4 is 34.3 Å². The number of fused-ring (bicyclic) bond motifs is 1. The molecule has 1 aromatic carbocycles. The van der Waals surface area contributed by atoms with Crippen LogP contribution in [0.4, 0.5) is 11.6 Å². The van der Waals surface area contributed by atoms with Crippen LogP contribution in [0.3, 0.4) is 0 Å². The highest BCUT2D eigenvalue weighted by Crippen LogP contribution is 2.37. The van der Waals surface area contributed by atoms with Crippen LogP contribution < -0.4 is 5.32 Å². The van der Waals surface area contributed by atoms with E-state index in [-0.39, 0.29) is 6.61 Å². The Morgan fingerprint density at radius 3 is 2.48 bits per heavy atom. The van der Waals surface area contributed by atoms with E-state index in [0.717, 1.165) is 66.3 Å². The van der Waals surface area contributed by atoms with Crippen LogP contribution in [0, 0.1) is 13.8 Å². The maximum atomic E-state index is 9.28. The molecule has 0 saturated heterocycles. The molecule has 3 aromatic rings. The number of anilines is 2. The number of rotatable bonds is 9. The molecule has 0 amide bonds. The minimum atomic E-state index is 0.191. The van der Waals surface area contributed by atoms with Crippen molar-refractivity contribution in [3.63, 3.8) is 0 Å². The van der Waals surface area contributed by atoms with Gasteiger partial charge in [0.1, 0.15) is 5.52 Å². The highest BCUT2D eigenvalue weighted by Gasteiger charge is 2.21. The van der Waals surface area contributed by atoms with E-state index in [0.29, 0.717) is 10.9 Å². The molecule has 0 aliphatic heterocycles. The molecule has 7 heteroatoms. The quantitative estimate of drug-likeness (QED) is 0.453. The van der Waals surface area contributed by atoms with Crippen molar-refractivity contribution in [1.82, 2.24) is 19.3 Å². The molecule has 0 spiro atoms. The maximum Gasteiger partial charge on any atom is 0.208 e. The molecule has 0 atom stereocenters. The second-order valence-electron chi connectivity index (χ2n) is 7.66. The molecule has 0 unspecified atom stereocenters. The molecule has 0 aliphatic carbocycles. The van der Waals surface area contributed by atoms with Gasteiger partial charge in [-0.25, -0.2) is 4.98 Å². The zero-order valence-corrected chi connectivity index (χ0v) is 18.8. The molecule has 2 N–H and O–H groups in total. The zero-order chi connectivity index (χ0) is 21.1. The minimum Gasteiger partial charge on any atom is -0.396 e. The van der Waals surface area contributed by atoms with Gasteiger partial charge in [0.05, 0.1) is 27.6 Å². The van der Waals surface area contributed by atoms with Crippen molar-refractivity contribution in [3.05, 3.63) is 34.1 Å². The van der Waals surface area contributed by atoms with Gasteiger partial charge in [0.2, 0.25) is 5.95 Å². The van der Waals surface area contributed by atoms with E-state index in [2.05, 4.69) is 34.9 Å². The summed E-state index contributed by atoms with van der Waals surface area (Å²) in [6.07, 6.45) is 3.76. The SMILES string of the molecule is CCC(CC)c1ccc(Cl)c2nc(Nc3c(C)nn(C)c3C)n(CCCCO)c12. The molecule has 2 aromatic heterocycles. The van der Waals surface area contributed by atoms with Gasteiger partial charge in [-0.15, -0.1) is 0 Å². The van der Waals surface area contributed by atoms with Gasteiger partial charge in [-0.2, -0.15) is 5.10 Å². The third-order valence-corrected chi connectivity index (χ3v) is 6.14. The summed E-state index contributed by atoms with van der Waals surface area (Å²) in [5.74, 6) is 1.23. The van der Waals surface area contributed by atoms with Gasteiger partial charge >= 0.3 is 0 Å². The molecule has 6 nitrogen and oxygen atoms in total. The van der Waals surface area contributed by atoms with Crippen LogP contribution in [0.15, 0.2) is 12.1 Å². The molecular weight excluding hydrogens is 386 g/mol. The van der Waals surface area contributed by atoms with Crippen LogP contribution in [0.25, 0.3) is 11.0 Å². The van der Waals surface area contributed by atoms with Gasteiger partial charge in [0, 0.05) is 20.2 Å². The average Bonchev–Trinajstić information content (AvgIpc) is 3.18. The monoisotopic (exact) mass is 417 g/mol. The summed E-state index contributed by atoms with van der Waals surface area (Å²) in [7, 11) is 1.94. The predicted molar refractivity (Wildman–Crippen MR) is 120 cm³/mol. The van der Waals surface area contributed by atoms with Gasteiger partial charge in [0.15, 0.2) is 0 Å². The lowest BCUT2D eigenvalue weighted by Crippen LogP contribution is -2.08. The Kier molecular flexibility index (Phi) is 6.85. The zero-order valence-electron chi connectivity index (χ0n) is 18.1. The first-order valence-corrected chi connectivity index (χ1v) is 10.9. The van der Waals surface area contributed by atoms with Gasteiger partial charge in [-0.3, -0.25) is 4.68 Å². The van der Waals surface area contributed by atoms with E-state index in [1.165, 1.54) is 5.56 Å². The number of unbranched alkanes of at least 4 members (excludes halogenated alkanes) is 1. The topological polar surface area (TPSA) is 67.9 Å². The van der Waals surface area contributed by atoms with Gasteiger partial charge in [-0.1, -0.05) is 31.5 Å². The van der Waals surface area contributed by atoms with E-state index >= 15 is 0 Å². The Balaban J connectivity index is 2.19. The number of aliphatic hydroxyl groups is 1. The minimum absolute atomic E-state index is 0.191. The number of aromatic nitrogens is 4. The highest BCUT2D eigenvalue weighted by atomic mass is 35.5. The maximum absolute atomic E-state index is 9.28. The number of benzene rings is 1. The van der Waals surface area contributed by atoms with Crippen molar-refractivity contribution in [2.75, 3.05) is 11.9 Å². The second kappa shape index (κ2) is 9.18. The van der Waals surface area contributed by atoms with Crippen LogP contribution in [0.2, 0.25) is 5.02 Å². The molecule has 0 aliphatic rings. The first kappa shape index (κ1) is 21.7. The number of aryl methyl sites for hydroxylation is 3. The Morgan fingerprint density at radius 2 is 1.90 bits per heavy atom. The fourth-order valence-electron chi connectivity index (χ4n) is 4.05. The summed E-state index contributed by atoms with van der Waals surface area (Å²) < 4.78 is 4.11. The Morgan fingerprint density at radius 1 is 1.17 bits per heavy atom. The summed E-state index contributed by atoms with van der Waals surface area (Å²) in [5, 5.41) is 18.0. The molecule has 2 heterocycles. The van der Waals surface area contributed by atoms with Crippen molar-refractivity contribution in [2.45, 2.75) is 65.8 Å². The second-order valence-corrected chi connectivity index (χ2v) is 8.07. The number of imidazole rings is 1. The summed E-state index contributed by atoms with van der Waals surface area (Å²) in [4.78, 5) is 4.91. The number of aliphatic hydroxyl groups excluding tert-OH is 1. The van der Waals surface area contributed by atoms with Crippen LogP contribution in [-0.2, 0) is 13.6 Å². The van der Waals surface area contributed by atoms with Crippen LogP contribution in [0.1, 0.15) is 62.4 Å².